The van der Waals surface area contributed by atoms with E-state index in [1.807, 2.05) is 48.5 Å². The highest BCUT2D eigenvalue weighted by Crippen LogP contribution is 2.56. The molecular weight excluding hydrogens is 789 g/mol. The summed E-state index contributed by atoms with van der Waals surface area (Å²) in [5, 5.41) is 13.1. The fraction of sp³-hybridized carbons (Fsp3) is 0.115. The number of benzene rings is 9. The summed E-state index contributed by atoms with van der Waals surface area (Å²) in [6.07, 6.45) is 0. The smallest absolute Gasteiger partial charge is 0.211 e. The van der Waals surface area contributed by atoms with Gasteiger partial charge in [-0.05, 0) is 167 Å². The molecule has 0 saturated carbocycles. The fourth-order valence-corrected chi connectivity index (χ4v) is 10.1. The van der Waals surface area contributed by atoms with Crippen molar-refractivity contribution in [1.29, 1.82) is 5.26 Å². The molecule has 0 radical (unpaired) electrons. The number of fused-ring (bicyclic) bond motifs is 5. The van der Waals surface area contributed by atoms with E-state index in [2.05, 4.69) is 196 Å². The van der Waals surface area contributed by atoms with Gasteiger partial charge in [0.15, 0.2) is 0 Å². The predicted octanol–water partition coefficient (Wildman–Crippen LogP) is 17.1. The molecule has 1 aliphatic rings. The summed E-state index contributed by atoms with van der Waals surface area (Å²) < 4.78 is 0. The Kier molecular flexibility index (Phi) is 10.2. The van der Waals surface area contributed by atoms with Crippen molar-refractivity contribution in [3.05, 3.63) is 232 Å². The summed E-state index contributed by atoms with van der Waals surface area (Å²) in [6.45, 7) is 21.6. The maximum absolute atomic E-state index is 10.9. The first-order chi connectivity index (χ1) is 31.5. The maximum Gasteiger partial charge on any atom is 0.211 e. The molecular formula is C61H48N4. The lowest BCUT2D eigenvalue weighted by Gasteiger charge is -2.31. The lowest BCUT2D eigenvalue weighted by Crippen LogP contribution is -2.18. The van der Waals surface area contributed by atoms with Crippen molar-refractivity contribution in [2.24, 2.45) is 0 Å². The minimum absolute atomic E-state index is 0.420. The minimum atomic E-state index is -0.420. The highest BCUT2D eigenvalue weighted by molar-refractivity contribution is 6.10. The first-order valence-corrected chi connectivity index (χ1v) is 22.2. The zero-order valence-electron chi connectivity index (χ0n) is 37.6. The third-order valence-corrected chi connectivity index (χ3v) is 13.0. The second-order valence-corrected chi connectivity index (χ2v) is 18.0. The van der Waals surface area contributed by atoms with Gasteiger partial charge in [0.25, 0.3) is 0 Å². The van der Waals surface area contributed by atoms with Crippen LogP contribution in [0.25, 0.3) is 49.0 Å². The van der Waals surface area contributed by atoms with Gasteiger partial charge < -0.3 is 9.80 Å². The standard InChI is InChI=1S/C61H48N4/c1-39-28-40(2)31-49(30-39)64(58-27-23-46(35-56(58)63-7)44-18-12-9-13-19-44)48-24-25-53-54(36-48)61(5,6)55-37-59(51-20-14-15-21-52(51)60(53)55)65(50-32-41(3)29-42(4)33-50)57-26-22-45(34-47(57)38-62)43-16-10-8-11-17-43/h8-37H,1-6H3. The van der Waals surface area contributed by atoms with Crippen LogP contribution in [0.4, 0.5) is 39.8 Å². The van der Waals surface area contributed by atoms with Crippen LogP contribution < -0.4 is 9.80 Å². The van der Waals surface area contributed by atoms with Gasteiger partial charge in [-0.1, -0.05) is 129 Å². The Hall–Kier alpha value is -8.18. The van der Waals surface area contributed by atoms with Gasteiger partial charge in [0.1, 0.15) is 6.07 Å². The molecule has 0 N–H and O–H groups in total. The van der Waals surface area contributed by atoms with E-state index in [9.17, 15) is 5.26 Å². The van der Waals surface area contributed by atoms with Gasteiger partial charge in [0.05, 0.1) is 29.2 Å². The van der Waals surface area contributed by atoms with E-state index in [-0.39, 0.29) is 0 Å². The Morgan fingerprint density at radius 3 is 1.58 bits per heavy atom. The zero-order valence-corrected chi connectivity index (χ0v) is 37.6. The predicted molar refractivity (Wildman–Crippen MR) is 272 cm³/mol. The molecule has 9 aromatic carbocycles. The SMILES string of the molecule is [C-]#[N+]c1cc(-c2ccccc2)ccc1N(c1cc(C)cc(C)c1)c1ccc2c(c1)C(C)(C)c1cc(N(c3cc(C)cc(C)c3)c3ccc(-c4ccccc4)cc3C#N)c3ccccc3c1-2. The van der Waals surface area contributed by atoms with E-state index < -0.39 is 5.41 Å². The Bertz CT molecular complexity index is 3380. The average molecular weight is 837 g/mol. The number of aryl methyl sites for hydroxylation is 4. The van der Waals surface area contributed by atoms with E-state index in [1.165, 1.54) is 22.3 Å². The molecule has 0 aromatic heterocycles. The molecule has 0 atom stereocenters. The highest BCUT2D eigenvalue weighted by Gasteiger charge is 2.39. The van der Waals surface area contributed by atoms with Gasteiger partial charge in [0.2, 0.25) is 5.69 Å². The number of hydrogen-bond acceptors (Lipinski definition) is 3. The lowest BCUT2D eigenvalue weighted by atomic mass is 9.81. The zero-order chi connectivity index (χ0) is 45.0. The second-order valence-electron chi connectivity index (χ2n) is 18.0. The summed E-state index contributed by atoms with van der Waals surface area (Å²) in [6, 6.07) is 66.8. The van der Waals surface area contributed by atoms with E-state index in [4.69, 9.17) is 6.57 Å². The van der Waals surface area contributed by atoms with Crippen LogP contribution in [0.1, 0.15) is 52.8 Å². The van der Waals surface area contributed by atoms with Crippen molar-refractivity contribution in [3.8, 4) is 39.4 Å². The molecule has 0 spiro atoms. The van der Waals surface area contributed by atoms with E-state index in [0.717, 1.165) is 89.4 Å². The molecule has 0 unspecified atom stereocenters. The molecule has 0 aliphatic heterocycles. The fourth-order valence-electron chi connectivity index (χ4n) is 10.1. The normalized spacial score (nSPS) is 12.2. The van der Waals surface area contributed by atoms with E-state index in [1.54, 1.807) is 0 Å². The van der Waals surface area contributed by atoms with Crippen molar-refractivity contribution in [1.82, 2.24) is 0 Å². The Morgan fingerprint density at radius 2 is 1.00 bits per heavy atom. The molecule has 1 aliphatic carbocycles. The molecule has 0 heterocycles. The minimum Gasteiger partial charge on any atom is -0.320 e. The molecule has 312 valence electrons. The molecule has 10 rings (SSSR count). The maximum atomic E-state index is 10.9. The summed E-state index contributed by atoms with van der Waals surface area (Å²) in [4.78, 5) is 8.70. The topological polar surface area (TPSA) is 34.6 Å². The van der Waals surface area contributed by atoms with Crippen molar-refractivity contribution in [3.63, 3.8) is 0 Å². The molecule has 4 nitrogen and oxygen atoms in total. The molecule has 0 bridgehead atoms. The molecule has 4 heteroatoms. The van der Waals surface area contributed by atoms with Crippen molar-refractivity contribution >= 4 is 50.6 Å². The van der Waals surface area contributed by atoms with Gasteiger partial charge in [0, 0.05) is 27.9 Å². The second kappa shape index (κ2) is 16.2. The molecule has 0 saturated heterocycles. The van der Waals surface area contributed by atoms with Gasteiger partial charge in [-0.3, -0.25) is 0 Å². The molecule has 0 fully saturated rings. The Labute approximate surface area is 382 Å². The van der Waals surface area contributed by atoms with E-state index in [0.29, 0.717) is 11.3 Å². The first kappa shape index (κ1) is 40.9. The molecule has 0 amide bonds. The van der Waals surface area contributed by atoms with Crippen molar-refractivity contribution < 1.29 is 0 Å². The van der Waals surface area contributed by atoms with Crippen LogP contribution >= 0.6 is 0 Å². The quantitative estimate of drug-likeness (QED) is 0.143. The first-order valence-electron chi connectivity index (χ1n) is 22.2. The van der Waals surface area contributed by atoms with Gasteiger partial charge >= 0.3 is 0 Å². The van der Waals surface area contributed by atoms with Crippen LogP contribution in [0.2, 0.25) is 0 Å². The highest BCUT2D eigenvalue weighted by atomic mass is 15.2. The van der Waals surface area contributed by atoms with Gasteiger partial charge in [-0.15, -0.1) is 0 Å². The van der Waals surface area contributed by atoms with E-state index >= 15 is 0 Å². The summed E-state index contributed by atoms with van der Waals surface area (Å²) >= 11 is 0. The number of anilines is 6. The lowest BCUT2D eigenvalue weighted by molar-refractivity contribution is 0.661. The Morgan fingerprint density at radius 1 is 0.462 bits per heavy atom. The Balaban J connectivity index is 1.17. The van der Waals surface area contributed by atoms with Crippen molar-refractivity contribution in [2.75, 3.05) is 9.80 Å². The number of nitrogens with zero attached hydrogens (tertiary/aromatic N) is 4. The third kappa shape index (κ3) is 7.20. The van der Waals surface area contributed by atoms with Crippen LogP contribution in [0.5, 0.6) is 0 Å². The van der Waals surface area contributed by atoms with Crippen LogP contribution in [0, 0.1) is 45.6 Å². The number of nitriles is 1. The monoisotopic (exact) mass is 836 g/mol. The number of rotatable bonds is 8. The van der Waals surface area contributed by atoms with Gasteiger partial charge in [-0.25, -0.2) is 4.85 Å². The summed E-state index contributed by atoms with van der Waals surface area (Å²) in [5.41, 5.74) is 20.1. The van der Waals surface area contributed by atoms with Crippen LogP contribution in [-0.4, -0.2) is 0 Å². The average Bonchev–Trinajstić information content (AvgIpc) is 3.54. The molecule has 65 heavy (non-hydrogen) atoms. The molecule has 9 aromatic rings. The van der Waals surface area contributed by atoms with Gasteiger partial charge in [-0.2, -0.15) is 5.26 Å². The summed E-state index contributed by atoms with van der Waals surface area (Å²) in [5.74, 6) is 0. The van der Waals surface area contributed by atoms with Crippen molar-refractivity contribution in [2.45, 2.75) is 47.0 Å². The third-order valence-electron chi connectivity index (χ3n) is 13.0. The van der Waals surface area contributed by atoms with Crippen LogP contribution in [0.15, 0.2) is 182 Å². The largest absolute Gasteiger partial charge is 0.320 e. The van der Waals surface area contributed by atoms with Crippen LogP contribution in [0.3, 0.4) is 0 Å². The van der Waals surface area contributed by atoms with Crippen LogP contribution in [-0.2, 0) is 5.41 Å². The number of hydrogen-bond donors (Lipinski definition) is 0. The summed E-state index contributed by atoms with van der Waals surface area (Å²) in [7, 11) is 0.